The van der Waals surface area contributed by atoms with E-state index in [0.717, 1.165) is 12.2 Å². The van der Waals surface area contributed by atoms with Crippen LogP contribution in [0.25, 0.3) is 0 Å². The Kier molecular flexibility index (Phi) is 6.36. The molecule has 0 amide bonds. The van der Waals surface area contributed by atoms with Gasteiger partial charge in [0.2, 0.25) is 0 Å². The SMILES string of the molecule is CCCC(CN)(CCCOc1ccccc1)C(=O)O. The molecule has 0 radical (unpaired) electrons. The van der Waals surface area contributed by atoms with Crippen molar-refractivity contribution in [3.63, 3.8) is 0 Å². The van der Waals surface area contributed by atoms with Crippen LogP contribution in [0.5, 0.6) is 5.75 Å². The summed E-state index contributed by atoms with van der Waals surface area (Å²) in [6.45, 7) is 2.68. The number of rotatable bonds is 9. The molecule has 0 spiro atoms. The maximum Gasteiger partial charge on any atom is 0.310 e. The van der Waals surface area contributed by atoms with E-state index in [9.17, 15) is 9.90 Å². The van der Waals surface area contributed by atoms with Crippen molar-refractivity contribution < 1.29 is 14.6 Å². The number of hydrogen-bond donors (Lipinski definition) is 2. The van der Waals surface area contributed by atoms with E-state index < -0.39 is 11.4 Å². The van der Waals surface area contributed by atoms with Crippen molar-refractivity contribution >= 4 is 5.97 Å². The minimum atomic E-state index is -0.797. The zero-order valence-electron chi connectivity index (χ0n) is 11.5. The molecule has 0 aliphatic rings. The van der Waals surface area contributed by atoms with Crippen LogP contribution in [0.15, 0.2) is 30.3 Å². The molecular formula is C15H23NO3. The van der Waals surface area contributed by atoms with Crippen LogP contribution in [-0.4, -0.2) is 24.2 Å². The molecule has 0 fully saturated rings. The lowest BCUT2D eigenvalue weighted by Crippen LogP contribution is -2.38. The van der Waals surface area contributed by atoms with Crippen LogP contribution in [0.1, 0.15) is 32.6 Å². The predicted octanol–water partition coefficient (Wildman–Crippen LogP) is 2.68. The highest BCUT2D eigenvalue weighted by atomic mass is 16.5. The molecule has 0 heterocycles. The summed E-state index contributed by atoms with van der Waals surface area (Å²) in [6.07, 6.45) is 2.69. The molecule has 1 unspecified atom stereocenters. The zero-order valence-corrected chi connectivity index (χ0v) is 11.5. The molecule has 1 rings (SSSR count). The molecule has 4 heteroatoms. The van der Waals surface area contributed by atoms with Gasteiger partial charge in [-0.25, -0.2) is 0 Å². The molecule has 1 aromatic carbocycles. The Morgan fingerprint density at radius 3 is 2.53 bits per heavy atom. The molecular weight excluding hydrogens is 242 g/mol. The fourth-order valence-electron chi connectivity index (χ4n) is 2.23. The summed E-state index contributed by atoms with van der Waals surface area (Å²) >= 11 is 0. The molecule has 19 heavy (non-hydrogen) atoms. The monoisotopic (exact) mass is 265 g/mol. The Morgan fingerprint density at radius 2 is 2.00 bits per heavy atom. The van der Waals surface area contributed by atoms with E-state index in [1.54, 1.807) is 0 Å². The maximum absolute atomic E-state index is 11.4. The number of carboxylic acid groups (broad SMARTS) is 1. The van der Waals surface area contributed by atoms with E-state index in [1.807, 2.05) is 37.3 Å². The van der Waals surface area contributed by atoms with Gasteiger partial charge in [0, 0.05) is 6.54 Å². The van der Waals surface area contributed by atoms with Crippen LogP contribution < -0.4 is 10.5 Å². The van der Waals surface area contributed by atoms with E-state index >= 15 is 0 Å². The van der Waals surface area contributed by atoms with E-state index in [4.69, 9.17) is 10.5 Å². The number of carboxylic acids is 1. The van der Waals surface area contributed by atoms with Gasteiger partial charge in [0.1, 0.15) is 5.75 Å². The number of nitrogens with two attached hydrogens (primary N) is 1. The van der Waals surface area contributed by atoms with E-state index in [0.29, 0.717) is 25.9 Å². The molecule has 0 aliphatic carbocycles. The lowest BCUT2D eigenvalue weighted by molar-refractivity contribution is -0.149. The van der Waals surface area contributed by atoms with Crippen LogP contribution in [-0.2, 0) is 4.79 Å². The van der Waals surface area contributed by atoms with Crippen LogP contribution in [0.3, 0.4) is 0 Å². The highest BCUT2D eigenvalue weighted by Crippen LogP contribution is 2.29. The number of benzene rings is 1. The fraction of sp³-hybridized carbons (Fsp3) is 0.533. The average Bonchev–Trinajstić information content (AvgIpc) is 2.43. The summed E-state index contributed by atoms with van der Waals surface area (Å²) < 4.78 is 5.57. The third-order valence-electron chi connectivity index (χ3n) is 3.38. The minimum absolute atomic E-state index is 0.182. The van der Waals surface area contributed by atoms with Crippen molar-refractivity contribution in [2.45, 2.75) is 32.6 Å². The molecule has 4 nitrogen and oxygen atoms in total. The lowest BCUT2D eigenvalue weighted by Gasteiger charge is -2.27. The summed E-state index contributed by atoms with van der Waals surface area (Å²) in [5.41, 5.74) is 4.87. The molecule has 0 saturated carbocycles. The summed E-state index contributed by atoms with van der Waals surface area (Å²) in [5.74, 6) is 0.0169. The van der Waals surface area contributed by atoms with Crippen molar-refractivity contribution in [3.05, 3.63) is 30.3 Å². The van der Waals surface area contributed by atoms with Crippen molar-refractivity contribution in [1.29, 1.82) is 0 Å². The highest BCUT2D eigenvalue weighted by Gasteiger charge is 2.35. The van der Waals surface area contributed by atoms with E-state index in [-0.39, 0.29) is 6.54 Å². The van der Waals surface area contributed by atoms with Gasteiger partial charge in [0.15, 0.2) is 0 Å². The molecule has 0 bridgehead atoms. The molecule has 1 aromatic rings. The van der Waals surface area contributed by atoms with E-state index in [2.05, 4.69) is 0 Å². The quantitative estimate of drug-likeness (QED) is 0.673. The van der Waals surface area contributed by atoms with Gasteiger partial charge in [0.25, 0.3) is 0 Å². The first-order valence-electron chi connectivity index (χ1n) is 6.76. The first-order valence-corrected chi connectivity index (χ1v) is 6.76. The Labute approximate surface area is 114 Å². The van der Waals surface area contributed by atoms with Gasteiger partial charge in [-0.2, -0.15) is 0 Å². The van der Waals surface area contributed by atoms with Crippen molar-refractivity contribution in [2.75, 3.05) is 13.2 Å². The third-order valence-corrected chi connectivity index (χ3v) is 3.38. The molecule has 0 aliphatic heterocycles. The Hall–Kier alpha value is -1.55. The molecule has 0 aromatic heterocycles. The number of hydrogen-bond acceptors (Lipinski definition) is 3. The number of para-hydroxylation sites is 1. The second-order valence-corrected chi connectivity index (χ2v) is 4.80. The van der Waals surface area contributed by atoms with Gasteiger partial charge in [-0.05, 0) is 31.4 Å². The predicted molar refractivity (Wildman–Crippen MR) is 75.2 cm³/mol. The number of carbonyl (C=O) groups is 1. The second-order valence-electron chi connectivity index (χ2n) is 4.80. The lowest BCUT2D eigenvalue weighted by atomic mass is 9.79. The molecule has 0 saturated heterocycles. The van der Waals surface area contributed by atoms with Gasteiger partial charge in [-0.3, -0.25) is 4.79 Å². The summed E-state index contributed by atoms with van der Waals surface area (Å²) in [6, 6.07) is 9.53. The summed E-state index contributed by atoms with van der Waals surface area (Å²) in [5, 5.41) is 9.35. The smallest absolute Gasteiger partial charge is 0.310 e. The Balaban J connectivity index is 2.42. The number of aliphatic carboxylic acids is 1. The zero-order chi connectivity index (χ0) is 14.1. The van der Waals surface area contributed by atoms with Crippen LogP contribution >= 0.6 is 0 Å². The van der Waals surface area contributed by atoms with Gasteiger partial charge in [-0.15, -0.1) is 0 Å². The van der Waals surface area contributed by atoms with Crippen LogP contribution in [0, 0.1) is 5.41 Å². The Morgan fingerprint density at radius 1 is 1.32 bits per heavy atom. The van der Waals surface area contributed by atoms with Crippen LogP contribution in [0.4, 0.5) is 0 Å². The Bertz CT molecular complexity index is 380. The van der Waals surface area contributed by atoms with E-state index in [1.165, 1.54) is 0 Å². The van der Waals surface area contributed by atoms with Crippen molar-refractivity contribution in [3.8, 4) is 5.75 Å². The largest absolute Gasteiger partial charge is 0.494 e. The maximum atomic E-state index is 11.4. The van der Waals surface area contributed by atoms with Crippen molar-refractivity contribution in [1.82, 2.24) is 0 Å². The fourth-order valence-corrected chi connectivity index (χ4v) is 2.23. The van der Waals surface area contributed by atoms with Crippen molar-refractivity contribution in [2.24, 2.45) is 11.1 Å². The van der Waals surface area contributed by atoms with Gasteiger partial charge >= 0.3 is 5.97 Å². The first kappa shape index (κ1) is 15.5. The topological polar surface area (TPSA) is 72.5 Å². The summed E-state index contributed by atoms with van der Waals surface area (Å²) in [7, 11) is 0. The second kappa shape index (κ2) is 7.79. The number of ether oxygens (including phenoxy) is 1. The van der Waals surface area contributed by atoms with Gasteiger partial charge < -0.3 is 15.6 Å². The average molecular weight is 265 g/mol. The first-order chi connectivity index (χ1) is 9.14. The third kappa shape index (κ3) is 4.56. The minimum Gasteiger partial charge on any atom is -0.494 e. The van der Waals surface area contributed by atoms with Gasteiger partial charge in [0.05, 0.1) is 12.0 Å². The van der Waals surface area contributed by atoms with Crippen LogP contribution in [0.2, 0.25) is 0 Å². The standard InChI is InChI=1S/C15H23NO3/c1-2-9-15(12-16,14(17)18)10-6-11-19-13-7-4-3-5-8-13/h3-5,7-8H,2,6,9-12,16H2,1H3,(H,17,18). The molecule has 106 valence electrons. The highest BCUT2D eigenvalue weighted by molar-refractivity contribution is 5.74. The normalized spacial score (nSPS) is 13.8. The van der Waals surface area contributed by atoms with Gasteiger partial charge in [-0.1, -0.05) is 31.5 Å². The molecule has 1 atom stereocenters. The molecule has 3 N–H and O–H groups in total. The summed E-state index contributed by atoms with van der Waals surface area (Å²) in [4.78, 5) is 11.4.